The highest BCUT2D eigenvalue weighted by Crippen LogP contribution is 2.15. The van der Waals surface area contributed by atoms with Gasteiger partial charge in [-0.1, -0.05) is 12.1 Å². The van der Waals surface area contributed by atoms with E-state index < -0.39 is 10.9 Å². The fourth-order valence-corrected chi connectivity index (χ4v) is 1.21. The summed E-state index contributed by atoms with van der Waals surface area (Å²) in [4.78, 5) is 13.2. The van der Waals surface area contributed by atoms with Crippen LogP contribution in [0.4, 0.5) is 5.69 Å². The zero-order valence-electron chi connectivity index (χ0n) is 7.52. The van der Waals surface area contributed by atoms with Crippen LogP contribution in [-0.2, 0) is 0 Å². The highest BCUT2D eigenvalue weighted by molar-refractivity contribution is 5.58. The summed E-state index contributed by atoms with van der Waals surface area (Å²) < 4.78 is 0. The van der Waals surface area contributed by atoms with Gasteiger partial charge in [0.05, 0.1) is 0 Å². The van der Waals surface area contributed by atoms with Crippen LogP contribution in [0.1, 0.15) is 0 Å². The van der Waals surface area contributed by atoms with Gasteiger partial charge in [0.1, 0.15) is 0 Å². The maximum Gasteiger partial charge on any atom is 0.340 e. The molecule has 1 unspecified atom stereocenters. The van der Waals surface area contributed by atoms with Crippen molar-refractivity contribution >= 4 is 5.69 Å². The second kappa shape index (κ2) is 3.65. The Morgan fingerprint density at radius 1 is 1.47 bits per heavy atom. The van der Waals surface area contributed by atoms with Gasteiger partial charge in [-0.2, -0.15) is 10.3 Å². The van der Waals surface area contributed by atoms with Crippen LogP contribution in [0.5, 0.6) is 0 Å². The second-order valence-corrected chi connectivity index (χ2v) is 2.91. The fraction of sp³-hybridized carbons (Fsp3) is 0. The molecule has 0 spiro atoms. The summed E-state index contributed by atoms with van der Waals surface area (Å²) in [5.41, 5.74) is 0.273. The first-order valence-corrected chi connectivity index (χ1v) is 4.15. The summed E-state index contributed by atoms with van der Waals surface area (Å²) in [6.45, 7) is 0. The van der Waals surface area contributed by atoms with Crippen molar-refractivity contribution in [3.05, 3.63) is 40.0 Å². The van der Waals surface area contributed by atoms with Crippen molar-refractivity contribution in [1.29, 1.82) is 0 Å². The molecule has 0 aliphatic rings. The molecule has 15 heavy (non-hydrogen) atoms. The summed E-state index contributed by atoms with van der Waals surface area (Å²) in [6.07, 6.45) is 0. The molecule has 78 valence electrons. The highest BCUT2D eigenvalue weighted by atomic mass is 16.8. The van der Waals surface area contributed by atoms with Crippen molar-refractivity contribution in [2.45, 2.75) is 0 Å². The van der Waals surface area contributed by atoms with E-state index in [0.717, 1.165) is 0 Å². The monoisotopic (exact) mass is 208 g/mol. The van der Waals surface area contributed by atoms with Crippen LogP contribution in [0.25, 0.3) is 11.4 Å². The van der Waals surface area contributed by atoms with E-state index in [4.69, 9.17) is 5.21 Å². The molecule has 7 nitrogen and oxygen atoms in total. The number of aromatic amines is 2. The molecular formula is C8H8N4O3. The van der Waals surface area contributed by atoms with Gasteiger partial charge in [-0.3, -0.25) is 4.98 Å². The predicted octanol–water partition coefficient (Wildman–Crippen LogP) is -0.832. The van der Waals surface area contributed by atoms with E-state index >= 15 is 0 Å². The van der Waals surface area contributed by atoms with Crippen molar-refractivity contribution in [1.82, 2.24) is 15.2 Å². The molecule has 0 saturated carbocycles. The lowest BCUT2D eigenvalue weighted by molar-refractivity contribution is -0.991. The molecule has 7 heteroatoms. The van der Waals surface area contributed by atoms with Crippen LogP contribution in [-0.4, -0.2) is 20.4 Å². The van der Waals surface area contributed by atoms with E-state index in [2.05, 4.69) is 15.2 Å². The molecule has 4 N–H and O–H groups in total. The first-order chi connectivity index (χ1) is 7.16. The summed E-state index contributed by atoms with van der Waals surface area (Å²) in [6, 6.07) is 6.16. The number of hydrogen-bond acceptors (Lipinski definition) is 4. The van der Waals surface area contributed by atoms with E-state index in [0.29, 0.717) is 11.4 Å². The van der Waals surface area contributed by atoms with Gasteiger partial charge >= 0.3 is 5.69 Å². The van der Waals surface area contributed by atoms with E-state index in [1.807, 2.05) is 0 Å². The number of rotatable bonds is 2. The maximum atomic E-state index is 10.8. The van der Waals surface area contributed by atoms with Crippen molar-refractivity contribution in [3.8, 4) is 11.4 Å². The lowest BCUT2D eigenvalue weighted by Gasteiger charge is -2.11. The zero-order chi connectivity index (χ0) is 10.8. The molecule has 1 heterocycles. The Bertz CT molecular complexity index is 516. The van der Waals surface area contributed by atoms with Crippen molar-refractivity contribution < 1.29 is 10.4 Å². The molecule has 1 aromatic carbocycles. The number of hydrogen-bond donors (Lipinski definition) is 4. The maximum absolute atomic E-state index is 10.8. The number of quaternary nitrogens is 1. The Balaban J connectivity index is 2.45. The first-order valence-electron chi connectivity index (χ1n) is 4.15. The number of benzene rings is 1. The third-order valence-corrected chi connectivity index (χ3v) is 1.88. The Labute approximate surface area is 83.5 Å². The van der Waals surface area contributed by atoms with Gasteiger partial charge < -0.3 is 5.21 Å². The third kappa shape index (κ3) is 1.94. The van der Waals surface area contributed by atoms with Gasteiger partial charge in [0, 0.05) is 17.7 Å². The Hall–Kier alpha value is -1.96. The van der Waals surface area contributed by atoms with Gasteiger partial charge in [0.2, 0.25) is 0 Å². The Kier molecular flexibility index (Phi) is 2.34. The van der Waals surface area contributed by atoms with E-state index in [-0.39, 0.29) is 5.69 Å². The van der Waals surface area contributed by atoms with Gasteiger partial charge in [-0.15, -0.1) is 0 Å². The lowest BCUT2D eigenvalue weighted by atomic mass is 10.2. The molecule has 1 atom stereocenters. The van der Waals surface area contributed by atoms with Crippen LogP contribution in [0, 0.1) is 5.21 Å². The number of nitrogens with one attached hydrogen (secondary N) is 3. The minimum absolute atomic E-state index is 0.149. The van der Waals surface area contributed by atoms with Crippen molar-refractivity contribution in [2.24, 2.45) is 0 Å². The zero-order valence-corrected chi connectivity index (χ0v) is 7.52. The molecule has 0 aliphatic heterocycles. The number of nitrogens with zero attached hydrogens (tertiary/aromatic N) is 1. The number of H-pyrrole nitrogens is 2. The molecule has 0 fully saturated rings. The minimum atomic E-state index is -1.02. The summed E-state index contributed by atoms with van der Waals surface area (Å²) in [5, 5.41) is 24.3. The van der Waals surface area contributed by atoms with Gasteiger partial charge in [-0.05, 0) is 0 Å². The Morgan fingerprint density at radius 2 is 2.27 bits per heavy atom. The van der Waals surface area contributed by atoms with Crippen LogP contribution in [0.2, 0.25) is 0 Å². The topological polar surface area (TPSA) is 109 Å². The van der Waals surface area contributed by atoms with E-state index in [1.54, 1.807) is 12.1 Å². The predicted molar refractivity (Wildman–Crippen MR) is 50.4 cm³/mol. The molecule has 0 radical (unpaired) electrons. The molecule has 2 aromatic rings. The fourth-order valence-electron chi connectivity index (χ4n) is 1.21. The largest absolute Gasteiger partial charge is 0.595 e. The lowest BCUT2D eigenvalue weighted by Crippen LogP contribution is -2.99. The second-order valence-electron chi connectivity index (χ2n) is 2.91. The quantitative estimate of drug-likeness (QED) is 0.483. The Morgan fingerprint density at radius 3 is 2.87 bits per heavy atom. The minimum Gasteiger partial charge on any atom is -0.595 e. The molecule has 0 bridgehead atoms. The molecule has 0 saturated heterocycles. The van der Waals surface area contributed by atoms with Crippen LogP contribution < -0.4 is 10.9 Å². The van der Waals surface area contributed by atoms with Gasteiger partial charge in [0.15, 0.2) is 11.5 Å². The van der Waals surface area contributed by atoms with Crippen molar-refractivity contribution in [2.75, 3.05) is 0 Å². The van der Waals surface area contributed by atoms with Crippen LogP contribution in [0.15, 0.2) is 29.1 Å². The average Bonchev–Trinajstić information content (AvgIpc) is 2.65. The number of aromatic nitrogens is 3. The molecule has 1 aromatic heterocycles. The molecule has 2 rings (SSSR count). The van der Waals surface area contributed by atoms with E-state index in [1.165, 1.54) is 12.1 Å². The smallest absolute Gasteiger partial charge is 0.340 e. The van der Waals surface area contributed by atoms with Crippen LogP contribution >= 0.6 is 0 Å². The molecular weight excluding hydrogens is 200 g/mol. The standard InChI is InChI=1S/C8H8N4O3/c13-8-9-7(10-11-8)5-2-1-3-6(4-5)12(14)15/h1-4,12,14H,(H2,9,10,11,13). The summed E-state index contributed by atoms with van der Waals surface area (Å²) in [7, 11) is 0. The van der Waals surface area contributed by atoms with Gasteiger partial charge in [-0.25, -0.2) is 15.1 Å². The van der Waals surface area contributed by atoms with Crippen molar-refractivity contribution in [3.63, 3.8) is 0 Å². The highest BCUT2D eigenvalue weighted by Gasteiger charge is 2.05. The average molecular weight is 208 g/mol. The van der Waals surface area contributed by atoms with E-state index in [9.17, 15) is 10.0 Å². The molecule has 0 aliphatic carbocycles. The SMILES string of the molecule is O=c1[nH]nc(-c2cccc([NH+]([O-])O)c2)[nH]1. The first kappa shape index (κ1) is 9.59. The van der Waals surface area contributed by atoms with Gasteiger partial charge in [0.25, 0.3) is 0 Å². The normalized spacial score (nSPS) is 12.7. The van der Waals surface area contributed by atoms with Crippen LogP contribution in [0.3, 0.4) is 0 Å². The summed E-state index contributed by atoms with van der Waals surface area (Å²) in [5.74, 6) is 0.322. The molecule has 0 amide bonds. The summed E-state index contributed by atoms with van der Waals surface area (Å²) >= 11 is 0. The third-order valence-electron chi connectivity index (χ3n) is 1.88.